The summed E-state index contributed by atoms with van der Waals surface area (Å²) in [5.74, 6) is 0.736. The van der Waals surface area contributed by atoms with Crippen molar-refractivity contribution in [2.75, 3.05) is 13.1 Å². The monoisotopic (exact) mass is 287 g/mol. The topological polar surface area (TPSA) is 12.0 Å². The summed E-state index contributed by atoms with van der Waals surface area (Å²) in [5, 5.41) is 7.68. The van der Waals surface area contributed by atoms with Crippen molar-refractivity contribution in [1.29, 1.82) is 0 Å². The van der Waals surface area contributed by atoms with Gasteiger partial charge in [0.05, 0.1) is 0 Å². The molecule has 1 heterocycles. The summed E-state index contributed by atoms with van der Waals surface area (Å²) in [5.41, 5.74) is 1.28. The van der Waals surface area contributed by atoms with Crippen LogP contribution in [0.1, 0.15) is 25.8 Å². The van der Waals surface area contributed by atoms with E-state index in [9.17, 15) is 0 Å². The van der Waals surface area contributed by atoms with Gasteiger partial charge in [0.25, 0.3) is 0 Å². The summed E-state index contributed by atoms with van der Waals surface area (Å²) >= 11 is 5.24. The van der Waals surface area contributed by atoms with Gasteiger partial charge >= 0.3 is 0 Å². The van der Waals surface area contributed by atoms with Gasteiger partial charge in [-0.05, 0) is 52.3 Å². The maximum Gasteiger partial charge on any atom is 0.0354 e. The second kappa shape index (κ2) is 7.20. The van der Waals surface area contributed by atoms with E-state index < -0.39 is 0 Å². The van der Waals surface area contributed by atoms with E-state index in [0.717, 1.165) is 25.4 Å². The van der Waals surface area contributed by atoms with Crippen LogP contribution in [0, 0.1) is 5.92 Å². The lowest BCUT2D eigenvalue weighted by Crippen LogP contribution is -2.20. The number of hydrogen-bond donors (Lipinski definition) is 1. The maximum atomic E-state index is 3.51. The zero-order chi connectivity index (χ0) is 11.1. The van der Waals surface area contributed by atoms with Crippen molar-refractivity contribution in [2.45, 2.75) is 20.3 Å². The van der Waals surface area contributed by atoms with E-state index in [0.29, 0.717) is 0 Å². The van der Waals surface area contributed by atoms with E-state index in [1.165, 1.54) is 10.0 Å². The Balaban J connectivity index is 2.15. The van der Waals surface area contributed by atoms with Crippen LogP contribution in [0.4, 0.5) is 0 Å². The normalized spacial score (nSPS) is 11.7. The summed E-state index contributed by atoms with van der Waals surface area (Å²) in [4.78, 5) is 0. The largest absolute Gasteiger partial charge is 0.316 e. The lowest BCUT2D eigenvalue weighted by atomic mass is 10.2. The Morgan fingerprint density at radius 1 is 1.47 bits per heavy atom. The third kappa shape index (κ3) is 5.50. The Morgan fingerprint density at radius 2 is 2.27 bits per heavy atom. The summed E-state index contributed by atoms with van der Waals surface area (Å²) in [6.45, 7) is 6.63. The molecular weight excluding hydrogens is 270 g/mol. The Hall–Kier alpha value is -0.120. The molecule has 0 aliphatic carbocycles. The molecule has 1 aromatic heterocycles. The number of nitrogens with one attached hydrogen (secondary N) is 1. The van der Waals surface area contributed by atoms with Gasteiger partial charge in [-0.2, -0.15) is 11.3 Å². The number of thiophene rings is 1. The standard InChI is InChI=1S/C12H18BrNS/c1-10(2)7-14-6-4-3-5-11-8-15-9-12(11)13/h3,5,8-10,14H,4,6-7H2,1-2H3. The molecule has 1 nitrogen and oxygen atoms in total. The van der Waals surface area contributed by atoms with E-state index in [1.807, 2.05) is 0 Å². The zero-order valence-electron chi connectivity index (χ0n) is 9.29. The Morgan fingerprint density at radius 3 is 2.87 bits per heavy atom. The molecule has 0 radical (unpaired) electrons. The van der Waals surface area contributed by atoms with Crippen molar-refractivity contribution in [2.24, 2.45) is 5.92 Å². The van der Waals surface area contributed by atoms with Gasteiger partial charge < -0.3 is 5.32 Å². The molecule has 1 N–H and O–H groups in total. The summed E-state index contributed by atoms with van der Waals surface area (Å²) in [7, 11) is 0. The molecular formula is C12H18BrNS. The van der Waals surface area contributed by atoms with E-state index in [1.54, 1.807) is 11.3 Å². The third-order valence-corrected chi connectivity index (χ3v) is 3.73. The Bertz CT molecular complexity index is 304. The molecule has 0 bridgehead atoms. The van der Waals surface area contributed by atoms with Crippen LogP contribution in [-0.2, 0) is 0 Å². The van der Waals surface area contributed by atoms with Crippen LogP contribution in [0.5, 0.6) is 0 Å². The first-order chi connectivity index (χ1) is 7.20. The SMILES string of the molecule is CC(C)CNCCC=Cc1cscc1Br. The van der Waals surface area contributed by atoms with Crippen molar-refractivity contribution in [1.82, 2.24) is 5.32 Å². The first kappa shape index (κ1) is 12.9. The summed E-state index contributed by atoms with van der Waals surface area (Å²) in [6.07, 6.45) is 5.49. The van der Waals surface area contributed by atoms with Crippen LogP contribution in [0.25, 0.3) is 6.08 Å². The number of rotatable bonds is 6. The highest BCUT2D eigenvalue weighted by molar-refractivity contribution is 9.10. The fourth-order valence-corrected chi connectivity index (χ4v) is 2.59. The summed E-state index contributed by atoms with van der Waals surface area (Å²) < 4.78 is 1.19. The second-order valence-corrected chi connectivity index (χ2v) is 5.56. The van der Waals surface area contributed by atoms with E-state index in [2.05, 4.69) is 58.0 Å². The van der Waals surface area contributed by atoms with Crippen molar-refractivity contribution in [3.05, 3.63) is 26.9 Å². The van der Waals surface area contributed by atoms with Crippen molar-refractivity contribution < 1.29 is 0 Å². The predicted octanol–water partition coefficient (Wildman–Crippen LogP) is 4.16. The van der Waals surface area contributed by atoms with Crippen molar-refractivity contribution in [3.63, 3.8) is 0 Å². The molecule has 1 aromatic rings. The van der Waals surface area contributed by atoms with Gasteiger partial charge in [-0.3, -0.25) is 0 Å². The van der Waals surface area contributed by atoms with Crippen LogP contribution in [0.15, 0.2) is 21.3 Å². The molecule has 0 atom stereocenters. The average molecular weight is 288 g/mol. The van der Waals surface area contributed by atoms with E-state index in [-0.39, 0.29) is 0 Å². The average Bonchev–Trinajstić information content (AvgIpc) is 2.57. The quantitative estimate of drug-likeness (QED) is 0.775. The van der Waals surface area contributed by atoms with Crippen LogP contribution in [0.3, 0.4) is 0 Å². The maximum absolute atomic E-state index is 3.51. The molecule has 0 fully saturated rings. The lowest BCUT2D eigenvalue weighted by molar-refractivity contribution is 0.557. The van der Waals surface area contributed by atoms with Gasteiger partial charge in [0, 0.05) is 9.85 Å². The molecule has 1 rings (SSSR count). The minimum absolute atomic E-state index is 0.736. The molecule has 0 aromatic carbocycles. The first-order valence-corrected chi connectivity index (χ1v) is 7.02. The molecule has 0 saturated carbocycles. The highest BCUT2D eigenvalue weighted by Crippen LogP contribution is 2.22. The van der Waals surface area contributed by atoms with Crippen LogP contribution >= 0.6 is 27.3 Å². The number of halogens is 1. The Labute approximate surface area is 105 Å². The van der Waals surface area contributed by atoms with Crippen LogP contribution in [0.2, 0.25) is 0 Å². The highest BCUT2D eigenvalue weighted by Gasteiger charge is 1.94. The zero-order valence-corrected chi connectivity index (χ0v) is 11.7. The van der Waals surface area contributed by atoms with E-state index in [4.69, 9.17) is 0 Å². The first-order valence-electron chi connectivity index (χ1n) is 5.29. The summed E-state index contributed by atoms with van der Waals surface area (Å²) in [6, 6.07) is 0. The molecule has 0 aliphatic rings. The lowest BCUT2D eigenvalue weighted by Gasteiger charge is -2.04. The Kier molecular flexibility index (Phi) is 6.22. The third-order valence-electron chi connectivity index (χ3n) is 1.98. The van der Waals surface area contributed by atoms with Crippen molar-refractivity contribution in [3.8, 4) is 0 Å². The molecule has 84 valence electrons. The fourth-order valence-electron chi connectivity index (χ4n) is 1.20. The molecule has 0 spiro atoms. The molecule has 0 unspecified atom stereocenters. The van der Waals surface area contributed by atoms with Gasteiger partial charge in [0.15, 0.2) is 0 Å². The smallest absolute Gasteiger partial charge is 0.0354 e. The highest BCUT2D eigenvalue weighted by atomic mass is 79.9. The second-order valence-electron chi connectivity index (χ2n) is 3.96. The fraction of sp³-hybridized carbons (Fsp3) is 0.500. The van der Waals surface area contributed by atoms with Crippen molar-refractivity contribution >= 4 is 33.3 Å². The van der Waals surface area contributed by atoms with Gasteiger partial charge in [-0.25, -0.2) is 0 Å². The molecule has 3 heteroatoms. The number of hydrogen-bond acceptors (Lipinski definition) is 2. The molecule has 0 saturated heterocycles. The van der Waals surface area contributed by atoms with Gasteiger partial charge in [-0.1, -0.05) is 26.0 Å². The van der Waals surface area contributed by atoms with Gasteiger partial charge in [-0.15, -0.1) is 0 Å². The van der Waals surface area contributed by atoms with Crippen LogP contribution in [-0.4, -0.2) is 13.1 Å². The van der Waals surface area contributed by atoms with Gasteiger partial charge in [0.1, 0.15) is 0 Å². The predicted molar refractivity (Wildman–Crippen MR) is 73.4 cm³/mol. The molecule has 0 aliphatic heterocycles. The van der Waals surface area contributed by atoms with Gasteiger partial charge in [0.2, 0.25) is 0 Å². The minimum Gasteiger partial charge on any atom is -0.316 e. The minimum atomic E-state index is 0.736. The molecule has 15 heavy (non-hydrogen) atoms. The molecule has 0 amide bonds. The van der Waals surface area contributed by atoms with E-state index >= 15 is 0 Å². The van der Waals surface area contributed by atoms with Crippen LogP contribution < -0.4 is 5.32 Å².